The van der Waals surface area contributed by atoms with Crippen LogP contribution < -0.4 is 0 Å². The molecule has 0 atom stereocenters. The molecule has 1 saturated carbocycles. The summed E-state index contributed by atoms with van der Waals surface area (Å²) in [4.78, 5) is 22.3. The van der Waals surface area contributed by atoms with Crippen LogP contribution >= 0.6 is 0 Å². The van der Waals surface area contributed by atoms with Gasteiger partial charge in [0.1, 0.15) is 5.82 Å². The first-order valence-corrected chi connectivity index (χ1v) is 11.8. The molecule has 1 aromatic heterocycles. The van der Waals surface area contributed by atoms with E-state index in [0.717, 1.165) is 65.7 Å². The van der Waals surface area contributed by atoms with Crippen molar-refractivity contribution in [1.82, 2.24) is 9.97 Å². The maximum Gasteiger partial charge on any atom is 0.166 e. The summed E-state index contributed by atoms with van der Waals surface area (Å²) >= 11 is 0. The van der Waals surface area contributed by atoms with Crippen molar-refractivity contribution < 1.29 is 9.18 Å². The standard InChI is InChI=1S/C27H31FN2O/c1-2-3-4-5-6-7-8-12-24-26(20-10-9-11-22(28)17-20)30-23-16-15-21(18-25(23)29-24)27(31)19-13-14-19/h9-11,15-19H,2-8,12-14H2,1H3. The Bertz CT molecular complexity index is 1060. The molecule has 162 valence electrons. The molecule has 1 heterocycles. The average molecular weight is 419 g/mol. The Balaban J connectivity index is 1.59. The summed E-state index contributed by atoms with van der Waals surface area (Å²) in [7, 11) is 0. The molecule has 3 nitrogen and oxygen atoms in total. The van der Waals surface area contributed by atoms with Gasteiger partial charge >= 0.3 is 0 Å². The first kappa shape index (κ1) is 21.6. The van der Waals surface area contributed by atoms with Crippen molar-refractivity contribution in [1.29, 1.82) is 0 Å². The molecule has 4 heteroatoms. The Hall–Kier alpha value is -2.62. The van der Waals surface area contributed by atoms with Crippen LogP contribution in [0.5, 0.6) is 0 Å². The largest absolute Gasteiger partial charge is 0.294 e. The molecule has 0 radical (unpaired) electrons. The van der Waals surface area contributed by atoms with Gasteiger partial charge in [0.2, 0.25) is 0 Å². The van der Waals surface area contributed by atoms with Crippen molar-refractivity contribution in [2.45, 2.75) is 71.1 Å². The van der Waals surface area contributed by atoms with E-state index in [4.69, 9.17) is 9.97 Å². The van der Waals surface area contributed by atoms with Crippen LogP contribution in [0.2, 0.25) is 0 Å². The number of Topliss-reactive ketones (excluding diaryl/α,β-unsaturated/α-hetero) is 1. The van der Waals surface area contributed by atoms with E-state index in [1.807, 2.05) is 24.3 Å². The SMILES string of the molecule is CCCCCCCCCc1nc2cc(C(=O)C3CC3)ccc2nc1-c1cccc(F)c1. The predicted octanol–water partition coefficient (Wildman–Crippen LogP) is 7.32. The fraction of sp³-hybridized carbons (Fsp3) is 0.444. The summed E-state index contributed by atoms with van der Waals surface area (Å²) < 4.78 is 13.9. The smallest absolute Gasteiger partial charge is 0.166 e. The van der Waals surface area contributed by atoms with Gasteiger partial charge in [0.15, 0.2) is 5.78 Å². The summed E-state index contributed by atoms with van der Waals surface area (Å²) in [6.45, 7) is 2.23. The molecule has 0 amide bonds. The lowest BCUT2D eigenvalue weighted by molar-refractivity contribution is 0.0968. The number of hydrogen-bond acceptors (Lipinski definition) is 3. The number of aromatic nitrogens is 2. The molecule has 4 rings (SSSR count). The number of hydrogen-bond donors (Lipinski definition) is 0. The lowest BCUT2D eigenvalue weighted by Gasteiger charge is -2.11. The Labute approximate surface area is 184 Å². The minimum absolute atomic E-state index is 0.184. The van der Waals surface area contributed by atoms with Gasteiger partial charge in [0.05, 0.1) is 22.4 Å². The number of ketones is 1. The second-order valence-corrected chi connectivity index (χ2v) is 8.74. The van der Waals surface area contributed by atoms with E-state index in [0.29, 0.717) is 0 Å². The molecule has 0 N–H and O–H groups in total. The van der Waals surface area contributed by atoms with E-state index in [1.54, 1.807) is 6.07 Å². The van der Waals surface area contributed by atoms with Gasteiger partial charge in [-0.2, -0.15) is 0 Å². The average Bonchev–Trinajstić information content (AvgIpc) is 3.62. The second kappa shape index (κ2) is 10.1. The van der Waals surface area contributed by atoms with E-state index < -0.39 is 0 Å². The van der Waals surface area contributed by atoms with Crippen molar-refractivity contribution in [3.63, 3.8) is 0 Å². The normalized spacial score (nSPS) is 13.6. The Morgan fingerprint density at radius 2 is 1.71 bits per heavy atom. The molecule has 31 heavy (non-hydrogen) atoms. The highest BCUT2D eigenvalue weighted by Gasteiger charge is 2.30. The minimum atomic E-state index is -0.272. The first-order valence-electron chi connectivity index (χ1n) is 11.8. The number of halogens is 1. The Morgan fingerprint density at radius 3 is 2.45 bits per heavy atom. The van der Waals surface area contributed by atoms with Crippen LogP contribution in [-0.4, -0.2) is 15.8 Å². The number of nitrogens with zero attached hydrogens (tertiary/aromatic N) is 2. The highest BCUT2D eigenvalue weighted by atomic mass is 19.1. The monoisotopic (exact) mass is 418 g/mol. The number of carbonyl (C=O) groups excluding carboxylic acids is 1. The Morgan fingerprint density at radius 1 is 0.935 bits per heavy atom. The molecule has 1 aliphatic rings. The van der Waals surface area contributed by atoms with Gasteiger partial charge in [-0.3, -0.25) is 4.79 Å². The van der Waals surface area contributed by atoms with Crippen molar-refractivity contribution in [3.8, 4) is 11.3 Å². The van der Waals surface area contributed by atoms with Gasteiger partial charge in [-0.1, -0.05) is 57.6 Å². The predicted molar refractivity (Wildman–Crippen MR) is 124 cm³/mol. The van der Waals surface area contributed by atoms with Crippen molar-refractivity contribution in [2.75, 3.05) is 0 Å². The molecular weight excluding hydrogens is 387 g/mol. The molecule has 0 saturated heterocycles. The molecule has 1 aliphatic carbocycles. The van der Waals surface area contributed by atoms with Crippen LogP contribution in [-0.2, 0) is 6.42 Å². The van der Waals surface area contributed by atoms with Crippen LogP contribution in [0.3, 0.4) is 0 Å². The molecule has 0 spiro atoms. The quantitative estimate of drug-likeness (QED) is 0.242. The molecule has 0 bridgehead atoms. The molecular formula is C27H31FN2O. The number of aryl methyl sites for hydroxylation is 1. The number of carbonyl (C=O) groups is 1. The lowest BCUT2D eigenvalue weighted by Crippen LogP contribution is -2.04. The lowest BCUT2D eigenvalue weighted by atomic mass is 10.0. The van der Waals surface area contributed by atoms with Gasteiger partial charge in [-0.05, 0) is 56.0 Å². The van der Waals surface area contributed by atoms with Crippen LogP contribution in [0.4, 0.5) is 4.39 Å². The highest BCUT2D eigenvalue weighted by Crippen LogP contribution is 2.33. The molecule has 1 fully saturated rings. The third-order valence-corrected chi connectivity index (χ3v) is 6.08. The van der Waals surface area contributed by atoms with E-state index in [9.17, 15) is 9.18 Å². The van der Waals surface area contributed by atoms with Crippen molar-refractivity contribution in [3.05, 3.63) is 59.5 Å². The minimum Gasteiger partial charge on any atom is -0.294 e. The van der Waals surface area contributed by atoms with Crippen LogP contribution in [0, 0.1) is 11.7 Å². The third kappa shape index (κ3) is 5.55. The summed E-state index contributed by atoms with van der Waals surface area (Å²) in [6, 6.07) is 12.2. The number of unbranched alkanes of at least 4 members (excludes halogenated alkanes) is 6. The highest BCUT2D eigenvalue weighted by molar-refractivity contribution is 6.01. The number of benzene rings is 2. The van der Waals surface area contributed by atoms with Gasteiger partial charge in [-0.25, -0.2) is 14.4 Å². The zero-order valence-corrected chi connectivity index (χ0v) is 18.4. The zero-order chi connectivity index (χ0) is 21.6. The topological polar surface area (TPSA) is 42.9 Å². The van der Waals surface area contributed by atoms with Crippen LogP contribution in [0.25, 0.3) is 22.3 Å². The van der Waals surface area contributed by atoms with Gasteiger partial charge < -0.3 is 0 Å². The van der Waals surface area contributed by atoms with Crippen LogP contribution in [0.15, 0.2) is 42.5 Å². The van der Waals surface area contributed by atoms with E-state index in [2.05, 4.69) is 6.92 Å². The van der Waals surface area contributed by atoms with Gasteiger partial charge in [0, 0.05) is 17.0 Å². The Kier molecular flexibility index (Phi) is 7.06. The van der Waals surface area contributed by atoms with E-state index in [-0.39, 0.29) is 17.5 Å². The molecule has 3 aromatic rings. The van der Waals surface area contributed by atoms with Crippen molar-refractivity contribution in [2.24, 2.45) is 5.92 Å². The third-order valence-electron chi connectivity index (χ3n) is 6.08. The maximum absolute atomic E-state index is 13.9. The zero-order valence-electron chi connectivity index (χ0n) is 18.4. The van der Waals surface area contributed by atoms with E-state index >= 15 is 0 Å². The van der Waals surface area contributed by atoms with E-state index in [1.165, 1.54) is 44.2 Å². The maximum atomic E-state index is 13.9. The molecule has 2 aromatic carbocycles. The second-order valence-electron chi connectivity index (χ2n) is 8.74. The van der Waals surface area contributed by atoms with Gasteiger partial charge in [0.25, 0.3) is 0 Å². The van der Waals surface area contributed by atoms with Gasteiger partial charge in [-0.15, -0.1) is 0 Å². The fourth-order valence-electron chi connectivity index (χ4n) is 4.12. The summed E-state index contributed by atoms with van der Waals surface area (Å²) in [6.07, 6.45) is 11.4. The van der Waals surface area contributed by atoms with Crippen LogP contribution in [0.1, 0.15) is 80.8 Å². The summed E-state index contributed by atoms with van der Waals surface area (Å²) in [5, 5.41) is 0. The first-order chi connectivity index (χ1) is 15.2. The summed E-state index contributed by atoms with van der Waals surface area (Å²) in [5.41, 5.74) is 4.62. The summed E-state index contributed by atoms with van der Waals surface area (Å²) in [5.74, 6) is 0.127. The molecule has 0 aliphatic heterocycles. The fourth-order valence-corrected chi connectivity index (χ4v) is 4.12. The molecule has 0 unspecified atom stereocenters. The number of rotatable bonds is 11. The van der Waals surface area contributed by atoms with Crippen molar-refractivity contribution >= 4 is 16.8 Å². The number of fused-ring (bicyclic) bond motifs is 1.